The molecule has 3 heterocycles. The van der Waals surface area contributed by atoms with Crippen molar-refractivity contribution in [3.05, 3.63) is 22.3 Å². The number of hydrogen-bond acceptors (Lipinski definition) is 7. The van der Waals surface area contributed by atoms with E-state index in [4.69, 9.17) is 4.52 Å². The number of urea groups is 1. The Bertz CT molecular complexity index is 639. The summed E-state index contributed by atoms with van der Waals surface area (Å²) in [7, 11) is 0. The van der Waals surface area contributed by atoms with E-state index >= 15 is 0 Å². The van der Waals surface area contributed by atoms with Gasteiger partial charge in [0.2, 0.25) is 5.89 Å². The topological polar surface area (TPSA) is 97.0 Å². The molecule has 1 atom stereocenters. The Morgan fingerprint density at radius 3 is 3.05 bits per heavy atom. The molecule has 1 aliphatic rings. The van der Waals surface area contributed by atoms with Gasteiger partial charge in [0.1, 0.15) is 0 Å². The lowest BCUT2D eigenvalue weighted by atomic mass is 10.1. The summed E-state index contributed by atoms with van der Waals surface area (Å²) in [5.74, 6) is 1.37. The number of carbonyl (C=O) groups excluding carboxylic acids is 1. The maximum atomic E-state index is 12.1. The van der Waals surface area contributed by atoms with E-state index in [1.165, 1.54) is 11.5 Å². The lowest BCUT2D eigenvalue weighted by molar-refractivity contribution is 0.207. The molecule has 21 heavy (non-hydrogen) atoms. The minimum Gasteiger partial charge on any atom is -0.339 e. The Morgan fingerprint density at radius 2 is 2.38 bits per heavy atom. The quantitative estimate of drug-likeness (QED) is 0.916. The molecule has 2 aromatic heterocycles. The predicted octanol–water partition coefficient (Wildman–Crippen LogP) is 1.24. The molecule has 0 saturated carbocycles. The van der Waals surface area contributed by atoms with Crippen molar-refractivity contribution in [1.29, 1.82) is 0 Å². The first-order valence-corrected chi connectivity index (χ1v) is 7.51. The van der Waals surface area contributed by atoms with E-state index in [-0.39, 0.29) is 11.9 Å². The number of carbonyl (C=O) groups is 1. The predicted molar refractivity (Wildman–Crippen MR) is 74.8 cm³/mol. The van der Waals surface area contributed by atoms with Crippen LogP contribution in [0.2, 0.25) is 0 Å². The minimum absolute atomic E-state index is 0.0819. The molecule has 112 valence electrons. The Balaban J connectivity index is 1.53. The lowest BCUT2D eigenvalue weighted by Gasteiger charge is -2.16. The molecule has 1 saturated heterocycles. The van der Waals surface area contributed by atoms with Crippen LogP contribution in [0.5, 0.6) is 0 Å². The third kappa shape index (κ3) is 3.02. The highest BCUT2D eigenvalue weighted by molar-refractivity contribution is 7.05. The average molecular weight is 308 g/mol. The number of nitrogens with zero attached hydrogens (tertiary/aromatic N) is 5. The summed E-state index contributed by atoms with van der Waals surface area (Å²) < 4.78 is 9.03. The third-order valence-corrected chi connectivity index (χ3v) is 4.34. The number of aromatic nitrogens is 4. The highest BCUT2D eigenvalue weighted by atomic mass is 32.1. The first kappa shape index (κ1) is 13.9. The second-order valence-corrected chi connectivity index (χ2v) is 5.89. The summed E-state index contributed by atoms with van der Waals surface area (Å²) in [5, 5.41) is 10.6. The van der Waals surface area contributed by atoms with Gasteiger partial charge in [-0.05, 0) is 31.8 Å². The van der Waals surface area contributed by atoms with Crippen LogP contribution in [0.4, 0.5) is 4.79 Å². The summed E-state index contributed by atoms with van der Waals surface area (Å²) in [6, 6.07) is -0.0819. The number of nitrogens with one attached hydrogen (secondary N) is 1. The second-order valence-electron chi connectivity index (χ2n) is 5.05. The van der Waals surface area contributed by atoms with Crippen molar-refractivity contribution >= 4 is 17.6 Å². The fourth-order valence-corrected chi connectivity index (χ4v) is 2.88. The first-order valence-electron chi connectivity index (χ1n) is 6.74. The van der Waals surface area contributed by atoms with Crippen LogP contribution in [-0.4, -0.2) is 43.7 Å². The zero-order valence-corrected chi connectivity index (χ0v) is 12.7. The molecule has 0 aliphatic carbocycles. The summed E-state index contributed by atoms with van der Waals surface area (Å²) >= 11 is 1.31. The van der Waals surface area contributed by atoms with Gasteiger partial charge in [-0.1, -0.05) is 9.64 Å². The number of aryl methyl sites for hydroxylation is 2. The maximum Gasteiger partial charge on any atom is 0.317 e. The molecule has 0 aromatic carbocycles. The number of amides is 2. The smallest absolute Gasteiger partial charge is 0.317 e. The van der Waals surface area contributed by atoms with Crippen molar-refractivity contribution in [2.75, 3.05) is 13.1 Å². The van der Waals surface area contributed by atoms with E-state index in [9.17, 15) is 4.79 Å². The number of likely N-dealkylation sites (tertiary alicyclic amines) is 1. The lowest BCUT2D eigenvalue weighted by Crippen LogP contribution is -2.37. The molecule has 1 aliphatic heterocycles. The largest absolute Gasteiger partial charge is 0.339 e. The molecule has 1 unspecified atom stereocenters. The molecule has 2 amide bonds. The molecule has 1 N–H and O–H groups in total. The molecular weight excluding hydrogens is 292 g/mol. The van der Waals surface area contributed by atoms with Crippen LogP contribution in [0.15, 0.2) is 4.52 Å². The van der Waals surface area contributed by atoms with E-state index in [2.05, 4.69) is 25.0 Å². The standard InChI is InChI=1S/C12H16N6O2S/c1-7-10(21-17-15-7)5-13-12(19)18-4-3-9(6-18)11-14-8(2)16-20-11/h9H,3-6H2,1-2H3,(H,13,19). The molecule has 0 spiro atoms. The van der Waals surface area contributed by atoms with Crippen LogP contribution in [0.25, 0.3) is 0 Å². The van der Waals surface area contributed by atoms with Gasteiger partial charge in [0.15, 0.2) is 5.82 Å². The summed E-state index contributed by atoms with van der Waals surface area (Å²) in [5.41, 5.74) is 0.862. The van der Waals surface area contributed by atoms with Gasteiger partial charge in [-0.15, -0.1) is 5.10 Å². The normalized spacial score (nSPS) is 18.2. The van der Waals surface area contributed by atoms with Crippen LogP contribution >= 0.6 is 11.5 Å². The van der Waals surface area contributed by atoms with Crippen molar-refractivity contribution in [3.8, 4) is 0 Å². The zero-order chi connectivity index (χ0) is 14.8. The van der Waals surface area contributed by atoms with Gasteiger partial charge in [0.05, 0.1) is 23.0 Å². The summed E-state index contributed by atoms with van der Waals surface area (Å²) in [4.78, 5) is 19.1. The Kier molecular flexibility index (Phi) is 3.82. The molecule has 8 nitrogen and oxygen atoms in total. The fraction of sp³-hybridized carbons (Fsp3) is 0.583. The molecule has 0 radical (unpaired) electrons. The highest BCUT2D eigenvalue weighted by Crippen LogP contribution is 2.25. The van der Waals surface area contributed by atoms with Crippen molar-refractivity contribution in [1.82, 2.24) is 29.9 Å². The zero-order valence-electron chi connectivity index (χ0n) is 11.9. The third-order valence-electron chi connectivity index (χ3n) is 3.51. The average Bonchev–Trinajstić information content (AvgIpc) is 3.16. The molecule has 9 heteroatoms. The van der Waals surface area contributed by atoms with Crippen LogP contribution in [0.3, 0.4) is 0 Å². The van der Waals surface area contributed by atoms with E-state index in [0.717, 1.165) is 17.0 Å². The van der Waals surface area contributed by atoms with Crippen molar-refractivity contribution in [3.63, 3.8) is 0 Å². The maximum absolute atomic E-state index is 12.1. The van der Waals surface area contributed by atoms with Gasteiger partial charge in [0.25, 0.3) is 0 Å². The Labute approximate surface area is 125 Å². The Morgan fingerprint density at radius 1 is 1.52 bits per heavy atom. The van der Waals surface area contributed by atoms with Gasteiger partial charge in [-0.25, -0.2) is 4.79 Å². The van der Waals surface area contributed by atoms with Gasteiger partial charge < -0.3 is 14.7 Å². The highest BCUT2D eigenvalue weighted by Gasteiger charge is 2.30. The van der Waals surface area contributed by atoms with E-state index in [1.807, 2.05) is 6.92 Å². The fourth-order valence-electron chi connectivity index (χ4n) is 2.31. The molecule has 3 rings (SSSR count). The van der Waals surface area contributed by atoms with Crippen LogP contribution in [0.1, 0.15) is 34.6 Å². The van der Waals surface area contributed by atoms with Gasteiger partial charge in [0, 0.05) is 13.1 Å². The summed E-state index contributed by atoms with van der Waals surface area (Å²) in [6.45, 7) is 5.43. The van der Waals surface area contributed by atoms with Crippen molar-refractivity contribution in [2.24, 2.45) is 0 Å². The van der Waals surface area contributed by atoms with Gasteiger partial charge in [-0.3, -0.25) is 0 Å². The second kappa shape index (κ2) is 5.76. The first-order chi connectivity index (χ1) is 10.1. The van der Waals surface area contributed by atoms with Crippen LogP contribution in [-0.2, 0) is 6.54 Å². The number of rotatable bonds is 3. The summed E-state index contributed by atoms with van der Waals surface area (Å²) in [6.07, 6.45) is 0.843. The van der Waals surface area contributed by atoms with E-state index < -0.39 is 0 Å². The molecule has 0 bridgehead atoms. The SMILES string of the molecule is Cc1noc(C2CCN(C(=O)NCc3snnc3C)C2)n1. The van der Waals surface area contributed by atoms with Gasteiger partial charge >= 0.3 is 6.03 Å². The van der Waals surface area contributed by atoms with Crippen molar-refractivity contribution in [2.45, 2.75) is 32.7 Å². The van der Waals surface area contributed by atoms with Crippen molar-refractivity contribution < 1.29 is 9.32 Å². The molecule has 1 fully saturated rings. The monoisotopic (exact) mass is 308 g/mol. The molecular formula is C12H16N6O2S. The van der Waals surface area contributed by atoms with Gasteiger partial charge in [-0.2, -0.15) is 4.98 Å². The minimum atomic E-state index is -0.0819. The van der Waals surface area contributed by atoms with Crippen LogP contribution < -0.4 is 5.32 Å². The number of hydrogen-bond donors (Lipinski definition) is 1. The van der Waals surface area contributed by atoms with Crippen LogP contribution in [0, 0.1) is 13.8 Å². The Hall–Kier alpha value is -2.03. The molecule has 2 aromatic rings. The van der Waals surface area contributed by atoms with E-state index in [1.54, 1.807) is 11.8 Å². The van der Waals surface area contributed by atoms with E-state index in [0.29, 0.717) is 31.3 Å².